The molecule has 0 unspecified atom stereocenters. The Kier molecular flexibility index (Phi) is 3.16. The molecule has 3 rings (SSSR count). The van der Waals surface area contributed by atoms with Crippen LogP contribution in [0.15, 0.2) is 42.5 Å². The first-order valence-electron chi connectivity index (χ1n) is 6.01. The summed E-state index contributed by atoms with van der Waals surface area (Å²) in [7, 11) is 0. The molecular weight excluding hydrogens is 278 g/mol. The third-order valence-electron chi connectivity index (χ3n) is 3.03. The molecule has 0 aromatic heterocycles. The van der Waals surface area contributed by atoms with E-state index in [4.69, 9.17) is 16.3 Å². The van der Waals surface area contributed by atoms with Crippen LogP contribution in [0.3, 0.4) is 0 Å². The number of benzene rings is 2. The van der Waals surface area contributed by atoms with Crippen molar-refractivity contribution in [3.05, 3.63) is 58.6 Å². The number of Topliss-reactive ketones (excluding diaryl/α,β-unsaturated/α-hetero) is 1. The van der Waals surface area contributed by atoms with E-state index in [-0.39, 0.29) is 5.56 Å². The third kappa shape index (κ3) is 2.14. The van der Waals surface area contributed by atoms with E-state index < -0.39 is 11.7 Å². The highest BCUT2D eigenvalue weighted by Gasteiger charge is 2.33. The Morgan fingerprint density at radius 3 is 2.55 bits per heavy atom. The van der Waals surface area contributed by atoms with E-state index in [1.807, 2.05) is 30.3 Å². The number of ketones is 1. The number of hydrogen-bond donors (Lipinski definition) is 1. The number of hydrogen-bond acceptors (Lipinski definition) is 3. The van der Waals surface area contributed by atoms with Gasteiger partial charge in [-0.2, -0.15) is 0 Å². The molecule has 0 bridgehead atoms. The molecule has 0 atom stereocenters. The van der Waals surface area contributed by atoms with E-state index in [2.05, 4.69) is 5.32 Å². The number of nitrogens with one attached hydrogen (secondary N) is 1. The molecular formula is C15H10ClNO3. The molecule has 0 saturated carbocycles. The second kappa shape index (κ2) is 4.98. The van der Waals surface area contributed by atoms with Crippen LogP contribution in [0.4, 0.5) is 5.69 Å². The average molecular weight is 288 g/mol. The molecule has 1 N–H and O–H groups in total. The summed E-state index contributed by atoms with van der Waals surface area (Å²) in [5, 5.41) is 2.78. The first kappa shape index (κ1) is 12.7. The highest BCUT2D eigenvalue weighted by atomic mass is 35.5. The van der Waals surface area contributed by atoms with Gasteiger partial charge in [0.15, 0.2) is 0 Å². The largest absolute Gasteiger partial charge is 0.488 e. The van der Waals surface area contributed by atoms with Crippen molar-refractivity contribution in [2.24, 2.45) is 0 Å². The summed E-state index contributed by atoms with van der Waals surface area (Å²) >= 11 is 5.97. The molecule has 1 aliphatic rings. The van der Waals surface area contributed by atoms with Crippen LogP contribution in [0.2, 0.25) is 5.02 Å². The second-order valence-corrected chi connectivity index (χ2v) is 4.76. The van der Waals surface area contributed by atoms with Crippen LogP contribution in [0, 0.1) is 0 Å². The summed E-state index contributed by atoms with van der Waals surface area (Å²) in [5.74, 6) is -0.945. The molecule has 1 heterocycles. The summed E-state index contributed by atoms with van der Waals surface area (Å²) in [4.78, 5) is 23.3. The Hall–Kier alpha value is -2.33. The number of amides is 1. The highest BCUT2D eigenvalue weighted by molar-refractivity contribution is 6.54. The smallest absolute Gasteiger partial charge is 0.297 e. The van der Waals surface area contributed by atoms with Gasteiger partial charge >= 0.3 is 0 Å². The number of fused-ring (bicyclic) bond motifs is 1. The minimum absolute atomic E-state index is 0.207. The fourth-order valence-electron chi connectivity index (χ4n) is 2.05. The first-order valence-corrected chi connectivity index (χ1v) is 6.39. The third-order valence-corrected chi connectivity index (χ3v) is 3.34. The number of rotatable bonds is 3. The minimum atomic E-state index is -0.683. The molecule has 2 aromatic carbocycles. The maximum absolute atomic E-state index is 11.8. The Balaban J connectivity index is 1.91. The molecule has 1 aliphatic heterocycles. The van der Waals surface area contributed by atoms with E-state index in [9.17, 15) is 9.59 Å². The lowest BCUT2D eigenvalue weighted by atomic mass is 10.1. The quantitative estimate of drug-likeness (QED) is 0.883. The molecule has 20 heavy (non-hydrogen) atoms. The van der Waals surface area contributed by atoms with Crippen LogP contribution in [-0.4, -0.2) is 11.7 Å². The van der Waals surface area contributed by atoms with E-state index in [0.717, 1.165) is 5.56 Å². The lowest BCUT2D eigenvalue weighted by Crippen LogP contribution is -2.13. The molecule has 1 amide bonds. The zero-order valence-corrected chi connectivity index (χ0v) is 11.1. The summed E-state index contributed by atoms with van der Waals surface area (Å²) in [6.07, 6.45) is 0. The monoisotopic (exact) mass is 287 g/mol. The Labute approximate surface area is 120 Å². The van der Waals surface area contributed by atoms with E-state index in [1.54, 1.807) is 12.1 Å². The molecule has 0 aliphatic carbocycles. The Morgan fingerprint density at radius 1 is 1.05 bits per heavy atom. The molecule has 100 valence electrons. The van der Waals surface area contributed by atoms with Crippen LogP contribution in [-0.2, 0) is 11.4 Å². The van der Waals surface area contributed by atoms with E-state index in [1.165, 1.54) is 0 Å². The highest BCUT2D eigenvalue weighted by Crippen LogP contribution is 2.37. The van der Waals surface area contributed by atoms with Gasteiger partial charge in [-0.1, -0.05) is 41.9 Å². The fourth-order valence-corrected chi connectivity index (χ4v) is 2.25. The van der Waals surface area contributed by atoms with Gasteiger partial charge in [-0.05, 0) is 17.7 Å². The Bertz CT molecular complexity index is 698. The van der Waals surface area contributed by atoms with Gasteiger partial charge in [0.25, 0.3) is 11.7 Å². The van der Waals surface area contributed by atoms with Crippen molar-refractivity contribution in [1.82, 2.24) is 0 Å². The van der Waals surface area contributed by atoms with Crippen molar-refractivity contribution < 1.29 is 14.3 Å². The molecule has 0 radical (unpaired) electrons. The topological polar surface area (TPSA) is 55.4 Å². The standard InChI is InChI=1S/C15H10ClNO3/c16-10-6-7-11(12-13(10)17-15(19)14(12)18)20-8-9-4-2-1-3-5-9/h1-7H,8H2,(H,17,18,19). The zero-order valence-electron chi connectivity index (χ0n) is 10.4. The Morgan fingerprint density at radius 2 is 1.80 bits per heavy atom. The SMILES string of the molecule is O=C1Nc2c(Cl)ccc(OCc3ccccc3)c2C1=O. The number of ether oxygens (including phenoxy) is 1. The van der Waals surface area contributed by atoms with E-state index >= 15 is 0 Å². The van der Waals surface area contributed by atoms with Crippen LogP contribution in [0.5, 0.6) is 5.75 Å². The van der Waals surface area contributed by atoms with Gasteiger partial charge in [0.1, 0.15) is 12.4 Å². The van der Waals surface area contributed by atoms with Crippen molar-refractivity contribution >= 4 is 29.0 Å². The lowest BCUT2D eigenvalue weighted by molar-refractivity contribution is -0.112. The first-order chi connectivity index (χ1) is 9.66. The van der Waals surface area contributed by atoms with Gasteiger partial charge in [0, 0.05) is 0 Å². The number of anilines is 1. The van der Waals surface area contributed by atoms with Gasteiger partial charge in [-0.3, -0.25) is 9.59 Å². The second-order valence-electron chi connectivity index (χ2n) is 4.35. The molecule has 0 spiro atoms. The maximum Gasteiger partial charge on any atom is 0.297 e. The van der Waals surface area contributed by atoms with Gasteiger partial charge in [-0.25, -0.2) is 0 Å². The van der Waals surface area contributed by atoms with Crippen LogP contribution >= 0.6 is 11.6 Å². The van der Waals surface area contributed by atoms with Crippen molar-refractivity contribution in [2.45, 2.75) is 6.61 Å². The number of carbonyl (C=O) groups is 2. The summed E-state index contributed by atoms with van der Waals surface area (Å²) in [5.41, 5.74) is 1.51. The van der Waals surface area contributed by atoms with Gasteiger partial charge < -0.3 is 10.1 Å². The molecule has 2 aromatic rings. The lowest BCUT2D eigenvalue weighted by Gasteiger charge is -2.10. The molecule has 5 heteroatoms. The van der Waals surface area contributed by atoms with Gasteiger partial charge in [0.05, 0.1) is 16.3 Å². The average Bonchev–Trinajstić information content (AvgIpc) is 2.77. The molecule has 4 nitrogen and oxygen atoms in total. The van der Waals surface area contributed by atoms with Gasteiger partial charge in [-0.15, -0.1) is 0 Å². The van der Waals surface area contributed by atoms with Crippen molar-refractivity contribution in [1.29, 1.82) is 0 Å². The van der Waals surface area contributed by atoms with E-state index in [0.29, 0.717) is 23.1 Å². The summed E-state index contributed by atoms with van der Waals surface area (Å²) in [6.45, 7) is 0.316. The van der Waals surface area contributed by atoms with Crippen molar-refractivity contribution in [3.63, 3.8) is 0 Å². The predicted molar refractivity (Wildman–Crippen MR) is 75.2 cm³/mol. The summed E-state index contributed by atoms with van der Waals surface area (Å²) in [6, 6.07) is 12.8. The maximum atomic E-state index is 11.8. The predicted octanol–water partition coefficient (Wildman–Crippen LogP) is 3.05. The number of halogens is 1. The van der Waals surface area contributed by atoms with Crippen LogP contribution in [0.25, 0.3) is 0 Å². The fraction of sp³-hybridized carbons (Fsp3) is 0.0667. The molecule has 0 fully saturated rings. The zero-order chi connectivity index (χ0) is 14.1. The normalized spacial score (nSPS) is 13.1. The van der Waals surface area contributed by atoms with Crippen LogP contribution in [0.1, 0.15) is 15.9 Å². The van der Waals surface area contributed by atoms with Gasteiger partial charge in [0.2, 0.25) is 0 Å². The van der Waals surface area contributed by atoms with Crippen LogP contribution < -0.4 is 10.1 Å². The number of carbonyl (C=O) groups excluding carboxylic acids is 2. The summed E-state index contributed by atoms with van der Waals surface area (Å²) < 4.78 is 5.64. The molecule has 0 saturated heterocycles. The minimum Gasteiger partial charge on any atom is -0.488 e. The van der Waals surface area contributed by atoms with Crippen molar-refractivity contribution in [3.8, 4) is 5.75 Å². The van der Waals surface area contributed by atoms with Crippen molar-refractivity contribution in [2.75, 3.05) is 5.32 Å².